The topological polar surface area (TPSA) is 56.2 Å². The molecule has 0 bridgehead atoms. The minimum Gasteiger partial charge on any atom is -0.493 e. The SMILES string of the molecule is COc1cn(-c2cccc(C(F)(F)F)c2)nc1C(=O)NC1CC1. The number of carbonyl (C=O) groups is 1. The second-order valence-electron chi connectivity index (χ2n) is 5.29. The van der Waals surface area contributed by atoms with Gasteiger partial charge in [0.1, 0.15) is 0 Å². The number of alkyl halides is 3. The van der Waals surface area contributed by atoms with Crippen LogP contribution in [0.3, 0.4) is 0 Å². The quantitative estimate of drug-likeness (QED) is 0.940. The minimum atomic E-state index is -4.45. The molecule has 0 atom stereocenters. The van der Waals surface area contributed by atoms with Crippen molar-refractivity contribution < 1.29 is 22.7 Å². The first-order valence-corrected chi connectivity index (χ1v) is 7.00. The molecule has 1 N–H and O–H groups in total. The van der Waals surface area contributed by atoms with Crippen LogP contribution in [0.5, 0.6) is 5.75 Å². The van der Waals surface area contributed by atoms with Gasteiger partial charge in [-0.3, -0.25) is 4.79 Å². The number of hydrogen-bond acceptors (Lipinski definition) is 3. The molecule has 1 aromatic carbocycles. The lowest BCUT2D eigenvalue weighted by Crippen LogP contribution is -2.26. The fraction of sp³-hybridized carbons (Fsp3) is 0.333. The highest BCUT2D eigenvalue weighted by atomic mass is 19.4. The summed E-state index contributed by atoms with van der Waals surface area (Å²) in [7, 11) is 1.38. The standard InChI is InChI=1S/C15H14F3N3O2/c1-23-12-8-21(20-13(12)14(22)19-10-5-6-10)11-4-2-3-9(7-11)15(16,17)18/h2-4,7-8,10H,5-6H2,1H3,(H,19,22). The van der Waals surface area contributed by atoms with E-state index in [-0.39, 0.29) is 23.2 Å². The summed E-state index contributed by atoms with van der Waals surface area (Å²) in [5.41, 5.74) is -0.533. The van der Waals surface area contributed by atoms with Crippen LogP contribution in [0.1, 0.15) is 28.9 Å². The summed E-state index contributed by atoms with van der Waals surface area (Å²) in [6.45, 7) is 0. The van der Waals surface area contributed by atoms with Crippen LogP contribution < -0.4 is 10.1 Å². The molecule has 5 nitrogen and oxygen atoms in total. The maximum absolute atomic E-state index is 12.8. The van der Waals surface area contributed by atoms with Crippen LogP contribution in [0.2, 0.25) is 0 Å². The summed E-state index contributed by atoms with van der Waals surface area (Å²) in [6, 6.07) is 4.85. The lowest BCUT2D eigenvalue weighted by Gasteiger charge is -2.08. The van der Waals surface area contributed by atoms with Crippen molar-refractivity contribution in [2.75, 3.05) is 7.11 Å². The molecule has 8 heteroatoms. The molecule has 1 aliphatic rings. The zero-order valence-electron chi connectivity index (χ0n) is 12.2. The van der Waals surface area contributed by atoms with Crippen LogP contribution in [0.25, 0.3) is 5.69 Å². The van der Waals surface area contributed by atoms with Gasteiger partial charge in [0.15, 0.2) is 11.4 Å². The van der Waals surface area contributed by atoms with E-state index < -0.39 is 17.6 Å². The van der Waals surface area contributed by atoms with Crippen LogP contribution in [0.15, 0.2) is 30.5 Å². The van der Waals surface area contributed by atoms with E-state index >= 15 is 0 Å². The summed E-state index contributed by atoms with van der Waals surface area (Å²) in [4.78, 5) is 12.1. The summed E-state index contributed by atoms with van der Waals surface area (Å²) >= 11 is 0. The van der Waals surface area contributed by atoms with Crippen molar-refractivity contribution in [1.82, 2.24) is 15.1 Å². The molecule has 1 amide bonds. The molecule has 0 unspecified atom stereocenters. The highest BCUT2D eigenvalue weighted by Crippen LogP contribution is 2.31. The Morgan fingerprint density at radius 1 is 1.39 bits per heavy atom. The molecule has 1 aliphatic carbocycles. The Kier molecular flexibility index (Phi) is 3.75. The Hall–Kier alpha value is -2.51. The van der Waals surface area contributed by atoms with Gasteiger partial charge in [0, 0.05) is 6.04 Å². The first kappa shape index (κ1) is 15.4. The van der Waals surface area contributed by atoms with Gasteiger partial charge in [0.2, 0.25) is 0 Å². The molecule has 1 aromatic heterocycles. The molecule has 2 aromatic rings. The number of benzene rings is 1. The molecule has 1 saturated carbocycles. The Morgan fingerprint density at radius 3 is 2.74 bits per heavy atom. The first-order valence-electron chi connectivity index (χ1n) is 7.00. The summed E-state index contributed by atoms with van der Waals surface area (Å²) in [5, 5.41) is 6.84. The molecular formula is C15H14F3N3O2. The average Bonchev–Trinajstić information content (AvgIpc) is 3.21. The van der Waals surface area contributed by atoms with Gasteiger partial charge in [-0.25, -0.2) is 4.68 Å². The lowest BCUT2D eigenvalue weighted by atomic mass is 10.2. The highest BCUT2D eigenvalue weighted by Gasteiger charge is 2.31. The number of amides is 1. The third-order valence-electron chi connectivity index (χ3n) is 3.47. The van der Waals surface area contributed by atoms with Crippen LogP contribution in [-0.4, -0.2) is 28.8 Å². The number of nitrogens with one attached hydrogen (secondary N) is 1. The molecule has 122 valence electrons. The smallest absolute Gasteiger partial charge is 0.416 e. The number of rotatable bonds is 4. The summed E-state index contributed by atoms with van der Waals surface area (Å²) in [5.74, 6) is -0.185. The number of nitrogens with zero attached hydrogens (tertiary/aromatic N) is 2. The van der Waals surface area contributed by atoms with Gasteiger partial charge in [0.25, 0.3) is 5.91 Å². The predicted molar refractivity (Wildman–Crippen MR) is 75.6 cm³/mol. The van der Waals surface area contributed by atoms with Crippen molar-refractivity contribution >= 4 is 5.91 Å². The second kappa shape index (κ2) is 5.60. The van der Waals surface area contributed by atoms with E-state index in [9.17, 15) is 18.0 Å². The maximum Gasteiger partial charge on any atom is 0.416 e. The van der Waals surface area contributed by atoms with Gasteiger partial charge in [-0.05, 0) is 31.0 Å². The maximum atomic E-state index is 12.8. The van der Waals surface area contributed by atoms with E-state index in [4.69, 9.17) is 4.74 Å². The molecule has 3 rings (SSSR count). The number of halogens is 3. The Balaban J connectivity index is 1.94. The fourth-order valence-corrected chi connectivity index (χ4v) is 2.10. The Morgan fingerprint density at radius 2 is 2.13 bits per heavy atom. The third-order valence-corrected chi connectivity index (χ3v) is 3.47. The molecular weight excluding hydrogens is 311 g/mol. The van der Waals surface area contributed by atoms with Gasteiger partial charge < -0.3 is 10.1 Å². The predicted octanol–water partition coefficient (Wildman–Crippen LogP) is 2.79. The molecule has 0 aliphatic heterocycles. The van der Waals surface area contributed by atoms with Gasteiger partial charge in [0.05, 0.1) is 24.6 Å². The second-order valence-corrected chi connectivity index (χ2v) is 5.29. The number of aromatic nitrogens is 2. The van der Waals surface area contributed by atoms with Crippen molar-refractivity contribution in [2.45, 2.75) is 25.1 Å². The van der Waals surface area contributed by atoms with Crippen LogP contribution in [0.4, 0.5) is 13.2 Å². The zero-order chi connectivity index (χ0) is 16.6. The molecule has 23 heavy (non-hydrogen) atoms. The van der Waals surface area contributed by atoms with E-state index in [0.29, 0.717) is 0 Å². The average molecular weight is 325 g/mol. The van der Waals surface area contributed by atoms with Gasteiger partial charge in [-0.15, -0.1) is 0 Å². The normalized spacial score (nSPS) is 14.6. The summed E-state index contributed by atoms with van der Waals surface area (Å²) < 4.78 is 44.7. The van der Waals surface area contributed by atoms with E-state index in [1.54, 1.807) is 0 Å². The first-order chi connectivity index (χ1) is 10.9. The highest BCUT2D eigenvalue weighted by molar-refractivity contribution is 5.95. The van der Waals surface area contributed by atoms with Crippen molar-refractivity contribution in [1.29, 1.82) is 0 Å². The molecule has 0 spiro atoms. The minimum absolute atomic E-state index is 0.0526. The van der Waals surface area contributed by atoms with Crippen molar-refractivity contribution in [2.24, 2.45) is 0 Å². The van der Waals surface area contributed by atoms with Crippen molar-refractivity contribution in [3.05, 3.63) is 41.7 Å². The van der Waals surface area contributed by atoms with E-state index in [1.807, 2.05) is 0 Å². The largest absolute Gasteiger partial charge is 0.493 e. The van der Waals surface area contributed by atoms with E-state index in [0.717, 1.165) is 25.0 Å². The Bertz CT molecular complexity index is 736. The van der Waals surface area contributed by atoms with Gasteiger partial charge in [-0.2, -0.15) is 18.3 Å². The van der Waals surface area contributed by atoms with E-state index in [1.165, 1.54) is 30.1 Å². The van der Waals surface area contributed by atoms with E-state index in [2.05, 4.69) is 10.4 Å². The molecule has 0 radical (unpaired) electrons. The third kappa shape index (κ3) is 3.30. The number of hydrogen-bond donors (Lipinski definition) is 1. The van der Waals surface area contributed by atoms with Gasteiger partial charge in [-0.1, -0.05) is 6.07 Å². The van der Waals surface area contributed by atoms with Crippen LogP contribution in [-0.2, 0) is 6.18 Å². The number of methoxy groups -OCH3 is 1. The monoisotopic (exact) mass is 325 g/mol. The molecule has 1 fully saturated rings. The van der Waals surface area contributed by atoms with Gasteiger partial charge >= 0.3 is 6.18 Å². The summed E-state index contributed by atoms with van der Waals surface area (Å²) in [6.07, 6.45) is -1.22. The molecule has 1 heterocycles. The van der Waals surface area contributed by atoms with Crippen molar-refractivity contribution in [3.63, 3.8) is 0 Å². The fourth-order valence-electron chi connectivity index (χ4n) is 2.10. The Labute approximate surface area is 130 Å². The van der Waals surface area contributed by atoms with Crippen LogP contribution >= 0.6 is 0 Å². The van der Waals surface area contributed by atoms with Crippen molar-refractivity contribution in [3.8, 4) is 11.4 Å². The van der Waals surface area contributed by atoms with Crippen LogP contribution in [0, 0.1) is 0 Å². The zero-order valence-corrected chi connectivity index (χ0v) is 12.2. The number of ether oxygens (including phenoxy) is 1. The number of carbonyl (C=O) groups excluding carboxylic acids is 1. The molecule has 0 saturated heterocycles. The lowest BCUT2D eigenvalue weighted by molar-refractivity contribution is -0.137.